The lowest BCUT2D eigenvalue weighted by Gasteiger charge is -2.32. The van der Waals surface area contributed by atoms with E-state index < -0.39 is 12.0 Å². The summed E-state index contributed by atoms with van der Waals surface area (Å²) in [6.45, 7) is 4.89. The van der Waals surface area contributed by atoms with Crippen molar-refractivity contribution in [3.63, 3.8) is 0 Å². The second-order valence-corrected chi connectivity index (χ2v) is 5.20. The van der Waals surface area contributed by atoms with Gasteiger partial charge < -0.3 is 14.7 Å². The van der Waals surface area contributed by atoms with Crippen molar-refractivity contribution in [3.05, 3.63) is 35.4 Å². The van der Waals surface area contributed by atoms with Crippen molar-refractivity contribution >= 4 is 11.9 Å². The summed E-state index contributed by atoms with van der Waals surface area (Å²) in [6, 6.07) is 6.43. The minimum absolute atomic E-state index is 0.0468. The first kappa shape index (κ1) is 14.5. The quantitative estimate of drug-likeness (QED) is 0.913. The first-order valence-corrected chi connectivity index (χ1v) is 6.72. The Labute approximate surface area is 118 Å². The van der Waals surface area contributed by atoms with Crippen molar-refractivity contribution < 1.29 is 19.4 Å². The van der Waals surface area contributed by atoms with E-state index in [9.17, 15) is 9.59 Å². The van der Waals surface area contributed by atoms with Crippen molar-refractivity contribution in [1.29, 1.82) is 0 Å². The molecule has 0 spiro atoms. The van der Waals surface area contributed by atoms with E-state index in [0.717, 1.165) is 5.56 Å². The van der Waals surface area contributed by atoms with Crippen molar-refractivity contribution in [1.82, 2.24) is 4.90 Å². The van der Waals surface area contributed by atoms with Crippen LogP contribution in [0.5, 0.6) is 0 Å². The molecule has 1 amide bonds. The number of nitrogens with zero attached hydrogens (tertiary/aromatic N) is 1. The van der Waals surface area contributed by atoms with Crippen LogP contribution in [-0.4, -0.2) is 47.7 Å². The van der Waals surface area contributed by atoms with Gasteiger partial charge in [0.15, 0.2) is 6.04 Å². The van der Waals surface area contributed by atoms with Gasteiger partial charge in [-0.2, -0.15) is 0 Å². The molecule has 20 heavy (non-hydrogen) atoms. The molecular formula is C15H19NO4. The van der Waals surface area contributed by atoms with Crippen molar-refractivity contribution in [3.8, 4) is 0 Å². The Balaban J connectivity index is 2.18. The number of rotatable bonds is 3. The SMILES string of the molecule is CC(C)c1ccc(C(=O)N2CCOCC2C(=O)O)cc1. The standard InChI is InChI=1S/C15H19NO4/c1-10(2)11-3-5-12(6-4-11)14(17)16-7-8-20-9-13(16)15(18)19/h3-6,10,13H,7-9H2,1-2H3,(H,18,19). The molecule has 0 aliphatic carbocycles. The summed E-state index contributed by atoms with van der Waals surface area (Å²) in [5.41, 5.74) is 1.67. The van der Waals surface area contributed by atoms with Crippen molar-refractivity contribution in [2.75, 3.05) is 19.8 Å². The minimum Gasteiger partial charge on any atom is -0.480 e. The number of ether oxygens (including phenoxy) is 1. The zero-order chi connectivity index (χ0) is 14.7. The molecule has 1 aliphatic rings. The maximum Gasteiger partial charge on any atom is 0.328 e. The van der Waals surface area contributed by atoms with E-state index in [0.29, 0.717) is 24.6 Å². The van der Waals surface area contributed by atoms with Gasteiger partial charge in [-0.1, -0.05) is 26.0 Å². The summed E-state index contributed by atoms with van der Waals surface area (Å²) >= 11 is 0. The average Bonchev–Trinajstić information content (AvgIpc) is 2.46. The molecule has 1 aliphatic heterocycles. The summed E-state index contributed by atoms with van der Waals surface area (Å²) in [4.78, 5) is 24.9. The van der Waals surface area contributed by atoms with E-state index in [1.807, 2.05) is 12.1 Å². The number of morpholine rings is 1. The number of carbonyl (C=O) groups is 2. The normalized spacial score (nSPS) is 19.1. The lowest BCUT2D eigenvalue weighted by atomic mass is 10.0. The molecule has 1 unspecified atom stereocenters. The Morgan fingerprint density at radius 3 is 2.50 bits per heavy atom. The molecule has 1 heterocycles. The van der Waals surface area contributed by atoms with Crippen LogP contribution in [0, 0.1) is 0 Å². The van der Waals surface area contributed by atoms with Gasteiger partial charge in [0, 0.05) is 12.1 Å². The maximum atomic E-state index is 12.4. The van der Waals surface area contributed by atoms with Crippen LogP contribution >= 0.6 is 0 Å². The Bertz CT molecular complexity index is 495. The molecule has 1 aromatic rings. The monoisotopic (exact) mass is 277 g/mol. The maximum absolute atomic E-state index is 12.4. The second-order valence-electron chi connectivity index (χ2n) is 5.20. The van der Waals surface area contributed by atoms with Crippen molar-refractivity contribution in [2.24, 2.45) is 0 Å². The smallest absolute Gasteiger partial charge is 0.328 e. The van der Waals surface area contributed by atoms with E-state index in [2.05, 4.69) is 13.8 Å². The first-order chi connectivity index (χ1) is 9.50. The lowest BCUT2D eigenvalue weighted by molar-refractivity contribution is -0.147. The third-order valence-electron chi connectivity index (χ3n) is 3.50. The van der Waals surface area contributed by atoms with Crippen LogP contribution in [-0.2, 0) is 9.53 Å². The van der Waals surface area contributed by atoms with Crippen molar-refractivity contribution in [2.45, 2.75) is 25.8 Å². The number of benzene rings is 1. The predicted octanol–water partition coefficient (Wildman–Crippen LogP) is 1.74. The number of carbonyl (C=O) groups excluding carboxylic acids is 1. The fraction of sp³-hybridized carbons (Fsp3) is 0.467. The summed E-state index contributed by atoms with van der Waals surface area (Å²) in [5.74, 6) is -0.887. The van der Waals surface area contributed by atoms with Crippen LogP contribution in [0.15, 0.2) is 24.3 Å². The molecule has 1 N–H and O–H groups in total. The fourth-order valence-electron chi connectivity index (χ4n) is 2.23. The second kappa shape index (κ2) is 6.05. The van der Waals surface area contributed by atoms with Gasteiger partial charge in [0.25, 0.3) is 5.91 Å². The molecule has 5 heteroatoms. The molecule has 1 saturated heterocycles. The third kappa shape index (κ3) is 2.99. The Morgan fingerprint density at radius 1 is 1.30 bits per heavy atom. The summed E-state index contributed by atoms with van der Waals surface area (Å²) < 4.78 is 5.14. The molecule has 1 aromatic carbocycles. The van der Waals surface area contributed by atoms with E-state index in [-0.39, 0.29) is 12.5 Å². The minimum atomic E-state index is -1.03. The molecule has 0 aromatic heterocycles. The Morgan fingerprint density at radius 2 is 1.95 bits per heavy atom. The number of carboxylic acid groups (broad SMARTS) is 1. The summed E-state index contributed by atoms with van der Waals surface area (Å²) in [7, 11) is 0. The van der Waals surface area contributed by atoms with E-state index in [4.69, 9.17) is 9.84 Å². The van der Waals surface area contributed by atoms with Gasteiger partial charge >= 0.3 is 5.97 Å². The highest BCUT2D eigenvalue weighted by Gasteiger charge is 2.33. The summed E-state index contributed by atoms with van der Waals surface area (Å²) in [5, 5.41) is 9.15. The number of carboxylic acids is 1. The van der Waals surface area contributed by atoms with Crippen LogP contribution in [0.2, 0.25) is 0 Å². The van der Waals surface area contributed by atoms with Gasteiger partial charge in [-0.15, -0.1) is 0 Å². The molecule has 1 fully saturated rings. The fourth-order valence-corrected chi connectivity index (χ4v) is 2.23. The highest BCUT2D eigenvalue weighted by molar-refractivity contribution is 5.96. The number of aliphatic carboxylic acids is 1. The van der Waals surface area contributed by atoms with E-state index >= 15 is 0 Å². The topological polar surface area (TPSA) is 66.8 Å². The van der Waals surface area contributed by atoms with E-state index in [1.165, 1.54) is 4.90 Å². The Hall–Kier alpha value is -1.88. The highest BCUT2D eigenvalue weighted by Crippen LogP contribution is 2.17. The number of amides is 1. The summed E-state index contributed by atoms with van der Waals surface area (Å²) in [6.07, 6.45) is 0. The third-order valence-corrected chi connectivity index (χ3v) is 3.50. The lowest BCUT2D eigenvalue weighted by Crippen LogP contribution is -2.52. The van der Waals surface area contributed by atoms with Crippen LogP contribution in [0.1, 0.15) is 35.7 Å². The van der Waals surface area contributed by atoms with Gasteiger partial charge in [-0.25, -0.2) is 4.79 Å². The van der Waals surface area contributed by atoms with Gasteiger partial charge in [-0.3, -0.25) is 4.79 Å². The molecule has 5 nitrogen and oxygen atoms in total. The van der Waals surface area contributed by atoms with Gasteiger partial charge in [0.2, 0.25) is 0 Å². The molecule has 0 bridgehead atoms. The van der Waals surface area contributed by atoms with E-state index in [1.54, 1.807) is 12.1 Å². The van der Waals surface area contributed by atoms with Crippen LogP contribution < -0.4 is 0 Å². The Kier molecular flexibility index (Phi) is 4.39. The zero-order valence-electron chi connectivity index (χ0n) is 11.7. The van der Waals surface area contributed by atoms with Crippen LogP contribution in [0.4, 0.5) is 0 Å². The zero-order valence-corrected chi connectivity index (χ0v) is 11.7. The van der Waals surface area contributed by atoms with Gasteiger partial charge in [0.05, 0.1) is 13.2 Å². The number of hydrogen-bond donors (Lipinski definition) is 1. The van der Waals surface area contributed by atoms with Gasteiger partial charge in [0.1, 0.15) is 0 Å². The predicted molar refractivity (Wildman–Crippen MR) is 73.8 cm³/mol. The van der Waals surface area contributed by atoms with Crippen LogP contribution in [0.25, 0.3) is 0 Å². The molecule has 0 radical (unpaired) electrons. The van der Waals surface area contributed by atoms with Crippen LogP contribution in [0.3, 0.4) is 0 Å². The van der Waals surface area contributed by atoms with Gasteiger partial charge in [-0.05, 0) is 23.6 Å². The molecule has 2 rings (SSSR count). The number of hydrogen-bond acceptors (Lipinski definition) is 3. The molecule has 1 atom stereocenters. The highest BCUT2D eigenvalue weighted by atomic mass is 16.5. The molecular weight excluding hydrogens is 258 g/mol. The largest absolute Gasteiger partial charge is 0.480 e. The molecule has 108 valence electrons. The molecule has 0 saturated carbocycles. The first-order valence-electron chi connectivity index (χ1n) is 6.72. The average molecular weight is 277 g/mol.